The third-order valence-electron chi connectivity index (χ3n) is 3.93. The van der Waals surface area contributed by atoms with E-state index < -0.39 is 0 Å². The molecule has 0 bridgehead atoms. The van der Waals surface area contributed by atoms with Crippen molar-refractivity contribution in [2.24, 2.45) is 0 Å². The van der Waals surface area contributed by atoms with Crippen molar-refractivity contribution in [3.05, 3.63) is 59.2 Å². The van der Waals surface area contributed by atoms with Crippen molar-refractivity contribution in [1.82, 2.24) is 5.32 Å². The Balaban J connectivity index is 1.72. The minimum Gasteiger partial charge on any atom is -0.490 e. The molecule has 3 rings (SSSR count). The summed E-state index contributed by atoms with van der Waals surface area (Å²) in [5, 5.41) is 3.02. The fourth-order valence-corrected chi connectivity index (χ4v) is 2.52. The highest BCUT2D eigenvalue weighted by Gasteiger charge is 2.15. The zero-order valence-electron chi connectivity index (χ0n) is 13.5. The summed E-state index contributed by atoms with van der Waals surface area (Å²) in [5.74, 6) is 1.43. The molecule has 1 heterocycles. The van der Waals surface area contributed by atoms with Crippen LogP contribution in [0.2, 0.25) is 0 Å². The van der Waals surface area contributed by atoms with Gasteiger partial charge in [-0.15, -0.1) is 0 Å². The van der Waals surface area contributed by atoms with E-state index in [1.165, 1.54) is 0 Å². The molecule has 23 heavy (non-hydrogen) atoms. The van der Waals surface area contributed by atoms with Gasteiger partial charge in [-0.2, -0.15) is 0 Å². The van der Waals surface area contributed by atoms with Crippen LogP contribution in [-0.2, 0) is 0 Å². The zero-order chi connectivity index (χ0) is 16.2. The van der Waals surface area contributed by atoms with Gasteiger partial charge in [0.2, 0.25) is 0 Å². The zero-order valence-corrected chi connectivity index (χ0v) is 13.5. The van der Waals surface area contributed by atoms with Crippen LogP contribution in [0.15, 0.2) is 42.5 Å². The molecule has 0 fully saturated rings. The van der Waals surface area contributed by atoms with Gasteiger partial charge < -0.3 is 14.8 Å². The van der Waals surface area contributed by atoms with Gasteiger partial charge in [-0.1, -0.05) is 23.8 Å². The monoisotopic (exact) mass is 311 g/mol. The Morgan fingerprint density at radius 2 is 1.74 bits per heavy atom. The number of rotatable bonds is 3. The summed E-state index contributed by atoms with van der Waals surface area (Å²) in [6, 6.07) is 13.3. The lowest BCUT2D eigenvalue weighted by Crippen LogP contribution is -2.26. The fraction of sp³-hybridized carbons (Fsp3) is 0.316. The Morgan fingerprint density at radius 1 is 1.04 bits per heavy atom. The van der Waals surface area contributed by atoms with Crippen LogP contribution in [0, 0.1) is 6.92 Å². The molecule has 0 radical (unpaired) electrons. The molecule has 0 saturated carbocycles. The Hall–Kier alpha value is -2.49. The molecule has 0 aromatic heterocycles. The molecule has 2 aromatic carbocycles. The van der Waals surface area contributed by atoms with Gasteiger partial charge in [0, 0.05) is 12.0 Å². The molecule has 4 heteroatoms. The first-order valence-corrected chi connectivity index (χ1v) is 7.90. The summed E-state index contributed by atoms with van der Waals surface area (Å²) < 4.78 is 11.3. The van der Waals surface area contributed by atoms with Crippen molar-refractivity contribution < 1.29 is 14.3 Å². The largest absolute Gasteiger partial charge is 0.490 e. The third-order valence-corrected chi connectivity index (χ3v) is 3.93. The lowest BCUT2D eigenvalue weighted by molar-refractivity contribution is 0.0940. The smallest absolute Gasteiger partial charge is 0.251 e. The number of amides is 1. The molecule has 0 spiro atoms. The van der Waals surface area contributed by atoms with E-state index in [4.69, 9.17) is 9.47 Å². The molecule has 0 aliphatic carbocycles. The highest BCUT2D eigenvalue weighted by molar-refractivity contribution is 5.94. The van der Waals surface area contributed by atoms with E-state index in [1.54, 1.807) is 0 Å². The van der Waals surface area contributed by atoms with Crippen molar-refractivity contribution >= 4 is 5.91 Å². The average Bonchev–Trinajstić information content (AvgIpc) is 2.79. The maximum atomic E-state index is 12.3. The van der Waals surface area contributed by atoms with Crippen molar-refractivity contribution in [3.8, 4) is 11.5 Å². The van der Waals surface area contributed by atoms with Crippen molar-refractivity contribution in [2.75, 3.05) is 13.2 Å². The number of aryl methyl sites for hydroxylation is 1. The molecule has 1 amide bonds. The number of nitrogens with one attached hydrogen (secondary N) is 1. The highest BCUT2D eigenvalue weighted by Crippen LogP contribution is 2.32. The Labute approximate surface area is 136 Å². The van der Waals surface area contributed by atoms with Crippen molar-refractivity contribution in [3.63, 3.8) is 0 Å². The first-order valence-electron chi connectivity index (χ1n) is 7.90. The minimum atomic E-state index is -0.110. The number of carbonyl (C=O) groups excluding carboxylic acids is 1. The SMILES string of the molecule is Cc1ccc(C(=O)N[C@@H](C)c2ccc3c(c2)OCCCO3)cc1. The molecule has 120 valence electrons. The van der Waals surface area contributed by atoms with Crippen LogP contribution in [0.4, 0.5) is 0 Å². The summed E-state index contributed by atoms with van der Waals surface area (Å²) >= 11 is 0. The Morgan fingerprint density at radius 3 is 2.48 bits per heavy atom. The summed E-state index contributed by atoms with van der Waals surface area (Å²) in [6.07, 6.45) is 0.879. The Kier molecular flexibility index (Phi) is 4.51. The molecule has 1 aliphatic rings. The summed E-state index contributed by atoms with van der Waals surface area (Å²) in [5.41, 5.74) is 2.80. The second-order valence-corrected chi connectivity index (χ2v) is 5.82. The van der Waals surface area contributed by atoms with Crippen LogP contribution < -0.4 is 14.8 Å². The topological polar surface area (TPSA) is 47.6 Å². The number of ether oxygens (including phenoxy) is 2. The standard InChI is InChI=1S/C19H21NO3/c1-13-4-6-15(7-5-13)19(21)20-14(2)16-8-9-17-18(12-16)23-11-3-10-22-17/h4-9,12,14H,3,10-11H2,1-2H3,(H,20,21)/t14-/m0/s1. The summed E-state index contributed by atoms with van der Waals surface area (Å²) in [6.45, 7) is 5.29. The maximum Gasteiger partial charge on any atom is 0.251 e. The molecule has 1 atom stereocenters. The second-order valence-electron chi connectivity index (χ2n) is 5.82. The molecule has 0 saturated heterocycles. The average molecular weight is 311 g/mol. The number of carbonyl (C=O) groups is 1. The van der Waals surface area contributed by atoms with E-state index in [0.29, 0.717) is 18.8 Å². The lowest BCUT2D eigenvalue weighted by atomic mass is 10.1. The Bertz CT molecular complexity index is 694. The van der Waals surface area contributed by atoms with E-state index in [9.17, 15) is 4.79 Å². The normalized spacial score (nSPS) is 14.7. The lowest BCUT2D eigenvalue weighted by Gasteiger charge is -2.16. The first-order chi connectivity index (χ1) is 11.1. The van der Waals surface area contributed by atoms with Gasteiger partial charge in [0.05, 0.1) is 19.3 Å². The highest BCUT2D eigenvalue weighted by atomic mass is 16.5. The number of hydrogen-bond donors (Lipinski definition) is 1. The number of hydrogen-bond acceptors (Lipinski definition) is 3. The predicted octanol–water partition coefficient (Wildman–Crippen LogP) is 3.65. The van der Waals surface area contributed by atoms with Gasteiger partial charge >= 0.3 is 0 Å². The van der Waals surface area contributed by atoms with Crippen LogP contribution >= 0.6 is 0 Å². The number of fused-ring (bicyclic) bond motifs is 1. The van der Waals surface area contributed by atoms with Crippen LogP contribution in [0.5, 0.6) is 11.5 Å². The van der Waals surface area contributed by atoms with Gasteiger partial charge in [0.1, 0.15) is 0 Å². The molecule has 1 N–H and O–H groups in total. The molecule has 4 nitrogen and oxygen atoms in total. The third kappa shape index (κ3) is 3.65. The van der Waals surface area contributed by atoms with Gasteiger partial charge in [-0.3, -0.25) is 4.79 Å². The molecule has 0 unspecified atom stereocenters. The van der Waals surface area contributed by atoms with E-state index >= 15 is 0 Å². The molecular formula is C19H21NO3. The predicted molar refractivity (Wildman–Crippen MR) is 89.1 cm³/mol. The van der Waals surface area contributed by atoms with E-state index in [0.717, 1.165) is 29.0 Å². The molecule has 2 aromatic rings. The second kappa shape index (κ2) is 6.73. The quantitative estimate of drug-likeness (QED) is 0.941. The maximum absolute atomic E-state index is 12.3. The van der Waals surface area contributed by atoms with E-state index in [-0.39, 0.29) is 11.9 Å². The fourth-order valence-electron chi connectivity index (χ4n) is 2.52. The molecular weight excluding hydrogens is 290 g/mol. The molecule has 1 aliphatic heterocycles. The van der Waals surface area contributed by atoms with Crippen molar-refractivity contribution in [1.29, 1.82) is 0 Å². The van der Waals surface area contributed by atoms with Crippen LogP contribution in [0.3, 0.4) is 0 Å². The van der Waals surface area contributed by atoms with Gasteiger partial charge in [0.15, 0.2) is 11.5 Å². The van der Waals surface area contributed by atoms with E-state index in [1.807, 2.05) is 56.3 Å². The first kappa shape index (κ1) is 15.4. The summed E-state index contributed by atoms with van der Waals surface area (Å²) in [7, 11) is 0. The summed E-state index contributed by atoms with van der Waals surface area (Å²) in [4.78, 5) is 12.3. The van der Waals surface area contributed by atoms with Gasteiger partial charge in [-0.25, -0.2) is 0 Å². The minimum absolute atomic E-state index is 0.0791. The van der Waals surface area contributed by atoms with Crippen LogP contribution in [-0.4, -0.2) is 19.1 Å². The van der Waals surface area contributed by atoms with E-state index in [2.05, 4.69) is 5.32 Å². The number of benzene rings is 2. The van der Waals surface area contributed by atoms with Gasteiger partial charge in [-0.05, 0) is 43.7 Å². The van der Waals surface area contributed by atoms with Crippen LogP contribution in [0.1, 0.15) is 40.9 Å². The van der Waals surface area contributed by atoms with Gasteiger partial charge in [0.25, 0.3) is 5.91 Å². The van der Waals surface area contributed by atoms with Crippen molar-refractivity contribution in [2.45, 2.75) is 26.3 Å². The van der Waals surface area contributed by atoms with Crippen LogP contribution in [0.25, 0.3) is 0 Å².